The van der Waals surface area contributed by atoms with Gasteiger partial charge in [-0.1, -0.05) is 19.3 Å². The number of hydrogen-bond donors (Lipinski definition) is 0. The standard InChI is InChI=1S/C18H29N3O2/c1-3-21(15-7-5-4-6-8-15)18-11-16(14-9-10-23-12-14)19-17(20-18)13-22-2/h11,14-15H,3-10,12-13H2,1-2H3/t14-/m1/s1. The lowest BCUT2D eigenvalue weighted by Crippen LogP contribution is -2.37. The summed E-state index contributed by atoms with van der Waals surface area (Å²) in [5, 5.41) is 0. The van der Waals surface area contributed by atoms with E-state index in [9.17, 15) is 0 Å². The van der Waals surface area contributed by atoms with Crippen LogP contribution in [0.3, 0.4) is 0 Å². The summed E-state index contributed by atoms with van der Waals surface area (Å²) in [7, 11) is 1.70. The highest BCUT2D eigenvalue weighted by atomic mass is 16.5. The molecule has 0 aromatic carbocycles. The van der Waals surface area contributed by atoms with Crippen LogP contribution in [0.5, 0.6) is 0 Å². The fourth-order valence-electron chi connectivity index (χ4n) is 3.82. The fourth-order valence-corrected chi connectivity index (χ4v) is 3.82. The molecule has 3 rings (SSSR count). The van der Waals surface area contributed by atoms with Gasteiger partial charge in [0.2, 0.25) is 0 Å². The number of rotatable bonds is 6. The van der Waals surface area contributed by atoms with Crippen molar-refractivity contribution in [1.82, 2.24) is 9.97 Å². The van der Waals surface area contributed by atoms with Gasteiger partial charge in [0.1, 0.15) is 12.4 Å². The van der Waals surface area contributed by atoms with Crippen LogP contribution < -0.4 is 4.90 Å². The Morgan fingerprint density at radius 2 is 2.04 bits per heavy atom. The second kappa shape index (κ2) is 8.06. The lowest BCUT2D eigenvalue weighted by molar-refractivity contribution is 0.177. The Morgan fingerprint density at radius 1 is 1.22 bits per heavy atom. The predicted octanol–water partition coefficient (Wildman–Crippen LogP) is 3.29. The molecule has 2 heterocycles. The Balaban J connectivity index is 1.88. The summed E-state index contributed by atoms with van der Waals surface area (Å²) in [6.07, 6.45) is 7.65. The van der Waals surface area contributed by atoms with Crippen molar-refractivity contribution in [3.63, 3.8) is 0 Å². The average molecular weight is 319 g/mol. The number of hydrogen-bond acceptors (Lipinski definition) is 5. The highest BCUT2D eigenvalue weighted by Crippen LogP contribution is 2.30. The van der Waals surface area contributed by atoms with Crippen LogP contribution in [-0.2, 0) is 16.1 Å². The van der Waals surface area contributed by atoms with Crippen molar-refractivity contribution in [1.29, 1.82) is 0 Å². The zero-order chi connectivity index (χ0) is 16.1. The van der Waals surface area contributed by atoms with Crippen LogP contribution >= 0.6 is 0 Å². The molecule has 1 aliphatic heterocycles. The van der Waals surface area contributed by atoms with E-state index in [1.165, 1.54) is 32.1 Å². The molecule has 5 nitrogen and oxygen atoms in total. The molecule has 1 saturated heterocycles. The normalized spacial score (nSPS) is 22.4. The monoisotopic (exact) mass is 319 g/mol. The first kappa shape index (κ1) is 16.7. The Hall–Kier alpha value is -1.20. The van der Waals surface area contributed by atoms with Gasteiger partial charge in [-0.05, 0) is 26.2 Å². The quantitative estimate of drug-likeness (QED) is 0.805. The maximum atomic E-state index is 5.55. The maximum absolute atomic E-state index is 5.55. The predicted molar refractivity (Wildman–Crippen MR) is 90.8 cm³/mol. The van der Waals surface area contributed by atoms with E-state index < -0.39 is 0 Å². The van der Waals surface area contributed by atoms with Gasteiger partial charge in [0.05, 0.1) is 12.3 Å². The Labute approximate surface area is 139 Å². The van der Waals surface area contributed by atoms with Crippen molar-refractivity contribution in [3.05, 3.63) is 17.6 Å². The molecule has 0 N–H and O–H groups in total. The van der Waals surface area contributed by atoms with Crippen molar-refractivity contribution in [2.45, 2.75) is 64.0 Å². The van der Waals surface area contributed by atoms with E-state index in [1.807, 2.05) is 0 Å². The van der Waals surface area contributed by atoms with E-state index in [-0.39, 0.29) is 0 Å². The summed E-state index contributed by atoms with van der Waals surface area (Å²) in [5.41, 5.74) is 1.12. The summed E-state index contributed by atoms with van der Waals surface area (Å²) in [4.78, 5) is 12.0. The van der Waals surface area contributed by atoms with Crippen molar-refractivity contribution in [2.75, 3.05) is 31.8 Å². The summed E-state index contributed by atoms with van der Waals surface area (Å²) in [5.74, 6) is 2.27. The van der Waals surface area contributed by atoms with Crippen LogP contribution in [0, 0.1) is 0 Å². The molecule has 1 atom stereocenters. The Kier molecular flexibility index (Phi) is 5.84. The van der Waals surface area contributed by atoms with Gasteiger partial charge < -0.3 is 14.4 Å². The van der Waals surface area contributed by atoms with Gasteiger partial charge in [-0.3, -0.25) is 0 Å². The van der Waals surface area contributed by atoms with Gasteiger partial charge >= 0.3 is 0 Å². The minimum Gasteiger partial charge on any atom is -0.381 e. The highest BCUT2D eigenvalue weighted by Gasteiger charge is 2.25. The van der Waals surface area contributed by atoms with Crippen LogP contribution in [0.2, 0.25) is 0 Å². The largest absolute Gasteiger partial charge is 0.381 e. The minimum absolute atomic E-state index is 0.400. The summed E-state index contributed by atoms with van der Waals surface area (Å²) in [6, 6.07) is 2.81. The van der Waals surface area contributed by atoms with Crippen molar-refractivity contribution < 1.29 is 9.47 Å². The Bertz CT molecular complexity index is 497. The van der Waals surface area contributed by atoms with Crippen LogP contribution in [0.15, 0.2) is 6.07 Å². The fraction of sp³-hybridized carbons (Fsp3) is 0.778. The first-order valence-electron chi connectivity index (χ1n) is 9.03. The van der Waals surface area contributed by atoms with E-state index in [1.54, 1.807) is 7.11 Å². The third-order valence-corrected chi connectivity index (χ3v) is 5.05. The number of ether oxygens (including phenoxy) is 2. The third kappa shape index (κ3) is 4.01. The highest BCUT2D eigenvalue weighted by molar-refractivity contribution is 5.42. The average Bonchev–Trinajstić information content (AvgIpc) is 3.11. The molecule has 1 aromatic rings. The molecule has 1 aromatic heterocycles. The number of nitrogens with zero attached hydrogens (tertiary/aromatic N) is 3. The molecule has 128 valence electrons. The van der Waals surface area contributed by atoms with Crippen LogP contribution in [0.4, 0.5) is 5.82 Å². The Morgan fingerprint density at radius 3 is 2.70 bits per heavy atom. The molecule has 2 fully saturated rings. The molecular weight excluding hydrogens is 290 g/mol. The van der Waals surface area contributed by atoms with Gasteiger partial charge in [0, 0.05) is 38.3 Å². The molecule has 0 radical (unpaired) electrons. The molecule has 1 aliphatic carbocycles. The molecule has 0 unspecified atom stereocenters. The van der Waals surface area contributed by atoms with E-state index >= 15 is 0 Å². The van der Waals surface area contributed by atoms with E-state index in [2.05, 4.69) is 17.9 Å². The molecule has 23 heavy (non-hydrogen) atoms. The lowest BCUT2D eigenvalue weighted by Gasteiger charge is -2.35. The maximum Gasteiger partial charge on any atom is 0.156 e. The van der Waals surface area contributed by atoms with E-state index in [4.69, 9.17) is 19.4 Å². The first-order valence-corrected chi connectivity index (χ1v) is 9.03. The molecule has 5 heteroatoms. The van der Waals surface area contributed by atoms with Gasteiger partial charge in [-0.25, -0.2) is 9.97 Å². The van der Waals surface area contributed by atoms with Crippen LogP contribution in [-0.4, -0.2) is 42.9 Å². The molecule has 0 amide bonds. The van der Waals surface area contributed by atoms with Crippen LogP contribution in [0.25, 0.3) is 0 Å². The number of anilines is 1. The topological polar surface area (TPSA) is 47.5 Å². The van der Waals surface area contributed by atoms with Gasteiger partial charge in [0.25, 0.3) is 0 Å². The first-order chi connectivity index (χ1) is 11.3. The molecule has 2 aliphatic rings. The molecule has 0 bridgehead atoms. The zero-order valence-corrected chi connectivity index (χ0v) is 14.5. The van der Waals surface area contributed by atoms with Gasteiger partial charge in [0.15, 0.2) is 5.82 Å². The van der Waals surface area contributed by atoms with Gasteiger partial charge in [-0.2, -0.15) is 0 Å². The summed E-state index contributed by atoms with van der Waals surface area (Å²) < 4.78 is 10.8. The van der Waals surface area contributed by atoms with Crippen molar-refractivity contribution in [2.24, 2.45) is 0 Å². The molecule has 0 spiro atoms. The van der Waals surface area contributed by atoms with E-state index in [0.717, 1.165) is 43.5 Å². The van der Waals surface area contributed by atoms with Crippen molar-refractivity contribution in [3.8, 4) is 0 Å². The number of methoxy groups -OCH3 is 1. The zero-order valence-electron chi connectivity index (χ0n) is 14.5. The molecular formula is C18H29N3O2. The third-order valence-electron chi connectivity index (χ3n) is 5.05. The smallest absolute Gasteiger partial charge is 0.156 e. The summed E-state index contributed by atoms with van der Waals surface area (Å²) >= 11 is 0. The van der Waals surface area contributed by atoms with Gasteiger partial charge in [-0.15, -0.1) is 0 Å². The number of aromatic nitrogens is 2. The van der Waals surface area contributed by atoms with Crippen molar-refractivity contribution >= 4 is 5.82 Å². The summed E-state index contributed by atoms with van der Waals surface area (Å²) in [6.45, 7) is 5.30. The SMILES string of the molecule is CCN(c1cc([C@@H]2CCOC2)nc(COC)n1)C1CCCCC1. The second-order valence-electron chi connectivity index (χ2n) is 6.64. The minimum atomic E-state index is 0.400. The second-order valence-corrected chi connectivity index (χ2v) is 6.64. The van der Waals surface area contributed by atoms with Crippen LogP contribution in [0.1, 0.15) is 62.9 Å². The lowest BCUT2D eigenvalue weighted by atomic mass is 9.94. The molecule has 1 saturated carbocycles. The van der Waals surface area contributed by atoms with E-state index in [0.29, 0.717) is 18.6 Å².